The van der Waals surface area contributed by atoms with Gasteiger partial charge in [0.25, 0.3) is 0 Å². The zero-order valence-electron chi connectivity index (χ0n) is 38.7. The molecule has 0 spiro atoms. The summed E-state index contributed by atoms with van der Waals surface area (Å²) in [5.74, 6) is -1.75. The van der Waals surface area contributed by atoms with Crippen molar-refractivity contribution in [2.75, 3.05) is 6.61 Å². The summed E-state index contributed by atoms with van der Waals surface area (Å²) in [6, 6.07) is 0. The monoisotopic (exact) mass is 867 g/mol. The maximum Gasteiger partial charge on any atom is 0.303 e. The first kappa shape index (κ1) is 46.2. The van der Waals surface area contributed by atoms with Crippen LogP contribution in [-0.2, 0) is 54.2 Å². The van der Waals surface area contributed by atoms with Gasteiger partial charge in [0.05, 0.1) is 24.3 Å². The molecule has 0 aromatic carbocycles. The number of hydrogen-bond acceptors (Lipinski definition) is 13. The third-order valence-electron chi connectivity index (χ3n) is 17.3. The first-order valence-corrected chi connectivity index (χ1v) is 22.8. The second-order valence-electron chi connectivity index (χ2n) is 21.7. The van der Waals surface area contributed by atoms with Crippen LogP contribution in [0.4, 0.5) is 0 Å². The minimum absolute atomic E-state index is 0.00811. The summed E-state index contributed by atoms with van der Waals surface area (Å²) in [6.45, 7) is 21.2. The maximum absolute atomic E-state index is 14.9. The number of aliphatic hydroxyl groups excluding tert-OH is 1. The second kappa shape index (κ2) is 16.3. The Bertz CT molecular complexity index is 1980. The molecule has 1 aromatic rings. The molecule has 2 heterocycles. The lowest BCUT2D eigenvalue weighted by atomic mass is 9.33. The number of amides is 1. The Morgan fingerprint density at radius 2 is 1.45 bits per heavy atom. The fourth-order valence-corrected chi connectivity index (χ4v) is 13.9. The average molecular weight is 867 g/mol. The summed E-state index contributed by atoms with van der Waals surface area (Å²) >= 11 is 0. The van der Waals surface area contributed by atoms with Gasteiger partial charge in [-0.2, -0.15) is 0 Å². The SMILES string of the molecule is CC(=O)OC[C@H]1O[C@@H](n2cc(CNC(=O)[C@]34CCC(C)(C)C[C@H]3C3=CC[C@@H]5[C@@]6(C)CC[C@H](O)C(C)(C)[C@@H]6CC[C@@]5(C)[C@]3(C)CC4)nn2)[C@H](OC(C)=O)[C@@H](OC(C)=O)[C@H]1OC(C)=O. The number of fused-ring (bicyclic) bond motifs is 7. The average Bonchev–Trinajstić information content (AvgIpc) is 3.64. The first-order valence-electron chi connectivity index (χ1n) is 22.8. The highest BCUT2D eigenvalue weighted by Crippen LogP contribution is 2.75. The van der Waals surface area contributed by atoms with Crippen molar-refractivity contribution in [2.24, 2.45) is 50.2 Å². The summed E-state index contributed by atoms with van der Waals surface area (Å²) in [4.78, 5) is 63.7. The number of nitrogens with zero attached hydrogens (tertiary/aromatic N) is 3. The van der Waals surface area contributed by atoms with Gasteiger partial charge in [0.15, 0.2) is 24.5 Å². The number of aromatic nitrogens is 3. The molecular weight excluding hydrogens is 797 g/mol. The lowest BCUT2D eigenvalue weighted by Gasteiger charge is -2.71. The van der Waals surface area contributed by atoms with Crippen molar-refractivity contribution >= 4 is 29.8 Å². The number of nitrogens with one attached hydrogen (secondary N) is 1. The maximum atomic E-state index is 14.9. The molecule has 1 amide bonds. The minimum Gasteiger partial charge on any atom is -0.463 e. The smallest absolute Gasteiger partial charge is 0.303 e. The Morgan fingerprint density at radius 1 is 0.806 bits per heavy atom. The van der Waals surface area contributed by atoms with E-state index in [1.165, 1.54) is 31.0 Å². The van der Waals surface area contributed by atoms with E-state index >= 15 is 0 Å². The molecule has 2 N–H and O–H groups in total. The van der Waals surface area contributed by atoms with E-state index in [1.54, 1.807) is 6.20 Å². The van der Waals surface area contributed by atoms with Crippen LogP contribution in [0.2, 0.25) is 0 Å². The van der Waals surface area contributed by atoms with Crippen molar-refractivity contribution in [1.29, 1.82) is 0 Å². The molecule has 6 aliphatic rings. The van der Waals surface area contributed by atoms with Gasteiger partial charge in [0, 0.05) is 27.7 Å². The molecule has 1 aliphatic heterocycles. The molecule has 62 heavy (non-hydrogen) atoms. The third-order valence-corrected chi connectivity index (χ3v) is 17.3. The number of carbonyl (C=O) groups is 5. The Labute approximate surface area is 366 Å². The number of rotatable bonds is 9. The number of ether oxygens (including phenoxy) is 5. The van der Waals surface area contributed by atoms with Gasteiger partial charge >= 0.3 is 23.9 Å². The topological polar surface area (TPSA) is 194 Å². The van der Waals surface area contributed by atoms with Gasteiger partial charge in [-0.3, -0.25) is 24.0 Å². The largest absolute Gasteiger partial charge is 0.463 e. The molecule has 13 atom stereocenters. The lowest BCUT2D eigenvalue weighted by Crippen LogP contribution is -2.65. The molecule has 15 nitrogen and oxygen atoms in total. The summed E-state index contributed by atoms with van der Waals surface area (Å²) in [5.41, 5.74) is 1.39. The minimum atomic E-state index is -1.36. The number of allylic oxidation sites excluding steroid dienone is 2. The molecule has 5 aliphatic carbocycles. The van der Waals surface area contributed by atoms with Crippen molar-refractivity contribution < 1.29 is 52.8 Å². The van der Waals surface area contributed by atoms with E-state index in [1.807, 2.05) is 0 Å². The molecule has 4 saturated carbocycles. The highest BCUT2D eigenvalue weighted by molar-refractivity contribution is 5.84. The Kier molecular flexibility index (Phi) is 12.1. The fourth-order valence-electron chi connectivity index (χ4n) is 13.9. The van der Waals surface area contributed by atoms with Crippen LogP contribution in [0.5, 0.6) is 0 Å². The predicted molar refractivity (Wildman–Crippen MR) is 224 cm³/mol. The third kappa shape index (κ3) is 7.78. The van der Waals surface area contributed by atoms with E-state index in [0.29, 0.717) is 17.5 Å². The molecular formula is C47H70N4O11. The van der Waals surface area contributed by atoms with E-state index in [-0.39, 0.29) is 58.2 Å². The van der Waals surface area contributed by atoms with Crippen LogP contribution < -0.4 is 5.32 Å². The van der Waals surface area contributed by atoms with Crippen molar-refractivity contribution in [2.45, 2.75) is 184 Å². The molecule has 0 unspecified atom stereocenters. The van der Waals surface area contributed by atoms with Crippen LogP contribution >= 0.6 is 0 Å². The summed E-state index contributed by atoms with van der Waals surface area (Å²) in [6.07, 6.45) is 6.93. The van der Waals surface area contributed by atoms with Crippen molar-refractivity contribution in [3.05, 3.63) is 23.5 Å². The van der Waals surface area contributed by atoms with Gasteiger partial charge in [0.1, 0.15) is 18.4 Å². The lowest BCUT2D eigenvalue weighted by molar-refractivity contribution is -0.270. The molecule has 1 saturated heterocycles. The summed E-state index contributed by atoms with van der Waals surface area (Å²) < 4.78 is 29.6. The fraction of sp³-hybridized carbons (Fsp3) is 0.809. The molecule has 7 rings (SSSR count). The van der Waals surface area contributed by atoms with Gasteiger partial charge < -0.3 is 34.1 Å². The van der Waals surface area contributed by atoms with E-state index in [0.717, 1.165) is 71.1 Å². The standard InChI is InChI=1S/C47H70N4O11/c1-26(52)58-25-33-37(59-27(2)53)38(60-28(3)54)39(61-29(4)55)40(62-33)51-24-30(49-50-51)23-48-41(57)47-20-18-42(5,6)22-32(47)31-12-13-35-44(9)16-15-36(56)43(7,8)34(44)14-17-46(35,11)45(31,10)19-21-47/h12,24,32-40,56H,13-23,25H2,1-11H3,(H,48,57)/t32-,33+,34-,35+,36-,37-,38-,39+,40+,44-,45+,46+,47-/m0/s1. The van der Waals surface area contributed by atoms with Crippen LogP contribution in [0.25, 0.3) is 0 Å². The Hall–Kier alpha value is -3.85. The zero-order chi connectivity index (χ0) is 45.4. The van der Waals surface area contributed by atoms with E-state index in [9.17, 15) is 29.1 Å². The quantitative estimate of drug-likeness (QED) is 0.159. The number of carbonyl (C=O) groups excluding carboxylic acids is 5. The van der Waals surface area contributed by atoms with Gasteiger partial charge in [-0.15, -0.1) is 5.10 Å². The summed E-state index contributed by atoms with van der Waals surface area (Å²) in [7, 11) is 0. The highest BCUT2D eigenvalue weighted by atomic mass is 16.7. The van der Waals surface area contributed by atoms with Crippen LogP contribution in [0.3, 0.4) is 0 Å². The van der Waals surface area contributed by atoms with Crippen LogP contribution in [-0.4, -0.2) is 87.0 Å². The summed E-state index contributed by atoms with van der Waals surface area (Å²) in [5, 5.41) is 23.1. The predicted octanol–water partition coefficient (Wildman–Crippen LogP) is 6.31. The van der Waals surface area contributed by atoms with Gasteiger partial charge in [-0.05, 0) is 109 Å². The Morgan fingerprint density at radius 3 is 2.11 bits per heavy atom. The molecule has 344 valence electrons. The van der Waals surface area contributed by atoms with Crippen LogP contribution in [0.1, 0.15) is 152 Å². The number of hydrogen-bond donors (Lipinski definition) is 2. The van der Waals surface area contributed by atoms with Crippen LogP contribution in [0.15, 0.2) is 17.8 Å². The first-order chi connectivity index (χ1) is 28.9. The molecule has 5 fully saturated rings. The van der Waals surface area contributed by atoms with Crippen molar-refractivity contribution in [1.82, 2.24) is 20.3 Å². The van der Waals surface area contributed by atoms with Gasteiger partial charge in [-0.25, -0.2) is 4.68 Å². The van der Waals surface area contributed by atoms with E-state index in [2.05, 4.69) is 70.2 Å². The molecule has 15 heteroatoms. The van der Waals surface area contributed by atoms with E-state index < -0.39 is 59.9 Å². The number of aliphatic hydroxyl groups is 1. The Balaban J connectivity index is 1.14. The van der Waals surface area contributed by atoms with Gasteiger partial charge in [-0.1, -0.05) is 65.3 Å². The van der Waals surface area contributed by atoms with Gasteiger partial charge in [0.2, 0.25) is 5.91 Å². The molecule has 0 radical (unpaired) electrons. The van der Waals surface area contributed by atoms with Crippen molar-refractivity contribution in [3.8, 4) is 0 Å². The van der Waals surface area contributed by atoms with E-state index in [4.69, 9.17) is 23.7 Å². The van der Waals surface area contributed by atoms with Crippen molar-refractivity contribution in [3.63, 3.8) is 0 Å². The number of esters is 4. The van der Waals surface area contributed by atoms with Crippen LogP contribution in [0, 0.1) is 50.2 Å². The zero-order valence-corrected chi connectivity index (χ0v) is 38.7. The molecule has 1 aromatic heterocycles. The second-order valence-corrected chi connectivity index (χ2v) is 21.7. The normalized spacial score (nSPS) is 40.5. The highest BCUT2D eigenvalue weighted by Gasteiger charge is 2.69. The molecule has 0 bridgehead atoms.